The molecule has 0 unspecified atom stereocenters. The van der Waals surface area contributed by atoms with Crippen LogP contribution in [0.2, 0.25) is 0 Å². The first-order valence-electron chi connectivity index (χ1n) is 8.22. The first-order chi connectivity index (χ1) is 11.2. The van der Waals surface area contributed by atoms with E-state index in [9.17, 15) is 4.79 Å². The summed E-state index contributed by atoms with van der Waals surface area (Å²) in [5.41, 5.74) is 1.41. The van der Waals surface area contributed by atoms with Crippen LogP contribution in [0.1, 0.15) is 43.6 Å². The third-order valence-corrected chi connectivity index (χ3v) is 6.27. The summed E-state index contributed by atoms with van der Waals surface area (Å²) in [6.07, 6.45) is 7.02. The Labute approximate surface area is 145 Å². The van der Waals surface area contributed by atoms with Crippen molar-refractivity contribution in [2.75, 3.05) is 12.4 Å². The number of hydrogen-bond donors (Lipinski definition) is 0. The molecule has 0 radical (unpaired) electrons. The summed E-state index contributed by atoms with van der Waals surface area (Å²) >= 11 is 3.26. The highest BCUT2D eigenvalue weighted by Gasteiger charge is 2.23. The van der Waals surface area contributed by atoms with E-state index >= 15 is 0 Å². The zero-order valence-corrected chi connectivity index (χ0v) is 15.3. The van der Waals surface area contributed by atoms with E-state index in [4.69, 9.17) is 4.74 Å². The van der Waals surface area contributed by atoms with Crippen molar-refractivity contribution in [1.29, 1.82) is 0 Å². The molecule has 1 atom stereocenters. The van der Waals surface area contributed by atoms with Crippen LogP contribution in [-0.4, -0.2) is 28.3 Å². The van der Waals surface area contributed by atoms with Crippen molar-refractivity contribution in [2.24, 2.45) is 5.92 Å². The second-order valence-electron chi connectivity index (χ2n) is 6.07. The quantitative estimate of drug-likeness (QED) is 0.337. The fraction of sp³-hybridized carbons (Fsp3) is 0.588. The second kappa shape index (κ2) is 7.62. The molecule has 6 heteroatoms. The van der Waals surface area contributed by atoms with Crippen LogP contribution >= 0.6 is 23.1 Å². The van der Waals surface area contributed by atoms with Gasteiger partial charge in [0.05, 0.1) is 12.4 Å². The van der Waals surface area contributed by atoms with Gasteiger partial charge < -0.3 is 4.74 Å². The molecule has 0 saturated carbocycles. The number of carbonyl (C=O) groups excluding carboxylic acids is 1. The minimum Gasteiger partial charge on any atom is -0.465 e. The van der Waals surface area contributed by atoms with E-state index in [2.05, 4.69) is 23.8 Å². The van der Waals surface area contributed by atoms with Crippen LogP contribution in [0.25, 0.3) is 10.2 Å². The summed E-state index contributed by atoms with van der Waals surface area (Å²) in [5, 5.41) is 2.10. The molecule has 0 aliphatic heterocycles. The zero-order valence-electron chi connectivity index (χ0n) is 13.6. The minimum atomic E-state index is -0.159. The first kappa shape index (κ1) is 16.7. The number of aromatic nitrogens is 2. The van der Waals surface area contributed by atoms with Gasteiger partial charge in [-0.05, 0) is 37.2 Å². The van der Waals surface area contributed by atoms with Gasteiger partial charge in [-0.15, -0.1) is 11.3 Å². The van der Waals surface area contributed by atoms with Crippen LogP contribution in [0.4, 0.5) is 0 Å². The summed E-state index contributed by atoms with van der Waals surface area (Å²) in [6.45, 7) is 4.91. The van der Waals surface area contributed by atoms with E-state index in [1.165, 1.54) is 34.0 Å². The highest BCUT2D eigenvalue weighted by molar-refractivity contribution is 8.00. The Kier molecular flexibility index (Phi) is 5.54. The van der Waals surface area contributed by atoms with E-state index in [1.807, 2.05) is 0 Å². The average Bonchev–Trinajstić information content (AvgIpc) is 2.91. The lowest BCUT2D eigenvalue weighted by Crippen LogP contribution is -2.09. The standard InChI is InChI=1S/C17H22N2O2S2/c1-3-4-7-21-14(20)9-22-16-15-12-6-5-11(2)8-13(12)23-17(15)19-10-18-16/h10-11H,3-9H2,1-2H3/t11-/m0/s1. The number of thiophene rings is 1. The van der Waals surface area contributed by atoms with Crippen molar-refractivity contribution >= 4 is 39.3 Å². The second-order valence-corrected chi connectivity index (χ2v) is 8.12. The van der Waals surface area contributed by atoms with Gasteiger partial charge in [0.25, 0.3) is 0 Å². The van der Waals surface area contributed by atoms with Gasteiger partial charge in [-0.25, -0.2) is 9.97 Å². The molecule has 4 nitrogen and oxygen atoms in total. The summed E-state index contributed by atoms with van der Waals surface area (Å²) < 4.78 is 5.22. The fourth-order valence-corrected chi connectivity index (χ4v) is 5.09. The molecule has 1 aliphatic rings. The van der Waals surface area contributed by atoms with E-state index in [0.29, 0.717) is 12.4 Å². The highest BCUT2D eigenvalue weighted by Crippen LogP contribution is 2.40. The van der Waals surface area contributed by atoms with Gasteiger partial charge in [-0.1, -0.05) is 32.0 Å². The number of ether oxygens (including phenoxy) is 1. The number of thioether (sulfide) groups is 1. The number of esters is 1. The average molecular weight is 351 g/mol. The Morgan fingerprint density at radius 2 is 2.35 bits per heavy atom. The fourth-order valence-electron chi connectivity index (χ4n) is 2.85. The number of carbonyl (C=O) groups is 1. The van der Waals surface area contributed by atoms with E-state index in [1.54, 1.807) is 17.7 Å². The molecule has 0 N–H and O–H groups in total. The van der Waals surface area contributed by atoms with Crippen LogP contribution in [0.3, 0.4) is 0 Å². The third kappa shape index (κ3) is 3.86. The van der Waals surface area contributed by atoms with Crippen LogP contribution in [0.5, 0.6) is 0 Å². The summed E-state index contributed by atoms with van der Waals surface area (Å²) in [7, 11) is 0. The summed E-state index contributed by atoms with van der Waals surface area (Å²) in [4.78, 5) is 23.2. The summed E-state index contributed by atoms with van der Waals surface area (Å²) in [6, 6.07) is 0. The van der Waals surface area contributed by atoms with Crippen molar-refractivity contribution in [3.8, 4) is 0 Å². The molecule has 0 fully saturated rings. The predicted molar refractivity (Wildman–Crippen MR) is 95.2 cm³/mol. The largest absolute Gasteiger partial charge is 0.465 e. The molecule has 0 saturated heterocycles. The molecule has 0 aromatic carbocycles. The smallest absolute Gasteiger partial charge is 0.316 e. The van der Waals surface area contributed by atoms with Gasteiger partial charge in [0, 0.05) is 10.3 Å². The van der Waals surface area contributed by atoms with Gasteiger partial charge in [0.1, 0.15) is 16.2 Å². The molecule has 0 amide bonds. The van der Waals surface area contributed by atoms with Crippen LogP contribution in [0, 0.1) is 5.92 Å². The molecule has 0 bridgehead atoms. The normalized spacial score (nSPS) is 17.2. The molecule has 23 heavy (non-hydrogen) atoms. The molecule has 2 aromatic heterocycles. The van der Waals surface area contributed by atoms with Crippen LogP contribution < -0.4 is 0 Å². The van der Waals surface area contributed by atoms with Crippen molar-refractivity contribution in [3.05, 3.63) is 16.8 Å². The predicted octanol–water partition coefficient (Wildman–Crippen LogP) is 4.25. The maximum atomic E-state index is 11.8. The number of unbranched alkanes of at least 4 members (excludes halogenated alkanes) is 1. The van der Waals surface area contributed by atoms with Crippen molar-refractivity contribution in [2.45, 2.75) is 51.0 Å². The van der Waals surface area contributed by atoms with E-state index in [0.717, 1.165) is 41.5 Å². The maximum absolute atomic E-state index is 11.8. The molecule has 1 aliphatic carbocycles. The van der Waals surface area contributed by atoms with E-state index in [-0.39, 0.29) is 5.97 Å². The topological polar surface area (TPSA) is 52.1 Å². The Morgan fingerprint density at radius 3 is 3.17 bits per heavy atom. The molecular formula is C17H22N2O2S2. The lowest BCUT2D eigenvalue weighted by molar-refractivity contribution is -0.140. The van der Waals surface area contributed by atoms with Gasteiger partial charge in [0.15, 0.2) is 0 Å². The Bertz CT molecular complexity index is 699. The van der Waals surface area contributed by atoms with Crippen LogP contribution in [-0.2, 0) is 22.4 Å². The SMILES string of the molecule is CCCCOC(=O)CSc1ncnc2sc3c(c12)CC[C@H](C)C3. The zero-order chi connectivity index (χ0) is 16.2. The molecule has 3 rings (SSSR count). The molecular weight excluding hydrogens is 328 g/mol. The third-order valence-electron chi connectivity index (χ3n) is 4.14. The van der Waals surface area contributed by atoms with Gasteiger partial charge in [0.2, 0.25) is 0 Å². The Morgan fingerprint density at radius 1 is 1.48 bits per heavy atom. The molecule has 2 heterocycles. The number of nitrogens with zero attached hydrogens (tertiary/aromatic N) is 2. The van der Waals surface area contributed by atoms with Crippen LogP contribution in [0.15, 0.2) is 11.4 Å². The van der Waals surface area contributed by atoms with E-state index < -0.39 is 0 Å². The van der Waals surface area contributed by atoms with Crippen molar-refractivity contribution < 1.29 is 9.53 Å². The molecule has 0 spiro atoms. The first-order valence-corrected chi connectivity index (χ1v) is 10.0. The lowest BCUT2D eigenvalue weighted by Gasteiger charge is -2.18. The van der Waals surface area contributed by atoms with Crippen molar-refractivity contribution in [1.82, 2.24) is 9.97 Å². The number of rotatable bonds is 6. The number of fused-ring (bicyclic) bond motifs is 3. The number of hydrogen-bond acceptors (Lipinski definition) is 6. The van der Waals surface area contributed by atoms with Gasteiger partial charge in [-0.3, -0.25) is 4.79 Å². The maximum Gasteiger partial charge on any atom is 0.316 e. The Hall–Kier alpha value is -1.14. The van der Waals surface area contributed by atoms with Gasteiger partial charge in [-0.2, -0.15) is 0 Å². The highest BCUT2D eigenvalue weighted by atomic mass is 32.2. The van der Waals surface area contributed by atoms with Crippen molar-refractivity contribution in [3.63, 3.8) is 0 Å². The molecule has 2 aromatic rings. The van der Waals surface area contributed by atoms with Gasteiger partial charge >= 0.3 is 5.97 Å². The molecule has 124 valence electrons. The monoisotopic (exact) mass is 350 g/mol. The minimum absolute atomic E-state index is 0.159. The summed E-state index contributed by atoms with van der Waals surface area (Å²) in [5.74, 6) is 0.901. The Balaban J connectivity index is 1.75. The lowest BCUT2D eigenvalue weighted by atomic mass is 9.89. The number of aryl methyl sites for hydroxylation is 1.